The molecule has 1 unspecified atom stereocenters. The number of hydrogen-bond acceptors (Lipinski definition) is 9. The molecule has 5 rings (SSSR count). The highest BCUT2D eigenvalue weighted by molar-refractivity contribution is 5.94. The van der Waals surface area contributed by atoms with Gasteiger partial charge in [-0.15, -0.1) is 5.73 Å². The van der Waals surface area contributed by atoms with Crippen LogP contribution < -0.4 is 0 Å². The fraction of sp³-hybridized carbons (Fsp3) is 0.548. The summed E-state index contributed by atoms with van der Waals surface area (Å²) in [6.07, 6.45) is -5.55. The molecule has 1 heterocycles. The van der Waals surface area contributed by atoms with E-state index in [0.717, 1.165) is 0 Å². The van der Waals surface area contributed by atoms with Crippen molar-refractivity contribution >= 4 is 17.7 Å². The summed E-state index contributed by atoms with van der Waals surface area (Å²) in [7, 11) is 0. The van der Waals surface area contributed by atoms with E-state index >= 15 is 0 Å². The molecule has 0 spiro atoms. The first-order chi connectivity index (χ1) is 18.7. The van der Waals surface area contributed by atoms with Gasteiger partial charge >= 0.3 is 11.9 Å². The van der Waals surface area contributed by atoms with Crippen LogP contribution >= 0.6 is 0 Å². The van der Waals surface area contributed by atoms with Crippen LogP contribution in [0.5, 0.6) is 0 Å². The number of ketones is 1. The Bertz CT molecular complexity index is 1360. The minimum Gasteiger partial charge on any atom is -0.455 e. The average molecular weight is 553 g/mol. The van der Waals surface area contributed by atoms with Gasteiger partial charge in [0.1, 0.15) is 23.9 Å². The number of fused-ring (bicyclic) bond motifs is 5. The largest absolute Gasteiger partial charge is 0.455 e. The first-order valence-corrected chi connectivity index (χ1v) is 13.5. The second kappa shape index (κ2) is 9.23. The van der Waals surface area contributed by atoms with Crippen molar-refractivity contribution in [1.82, 2.24) is 0 Å². The van der Waals surface area contributed by atoms with Crippen LogP contribution in [-0.4, -0.2) is 75.3 Å². The predicted molar refractivity (Wildman–Crippen MR) is 142 cm³/mol. The maximum Gasteiger partial charge on any atom is 0.338 e. The lowest BCUT2D eigenvalue weighted by atomic mass is 9.44. The maximum atomic E-state index is 14.4. The van der Waals surface area contributed by atoms with E-state index in [1.54, 1.807) is 51.1 Å². The van der Waals surface area contributed by atoms with E-state index in [1.165, 1.54) is 13.8 Å². The Morgan fingerprint density at radius 2 is 1.80 bits per heavy atom. The summed E-state index contributed by atoms with van der Waals surface area (Å²) >= 11 is 0. The summed E-state index contributed by atoms with van der Waals surface area (Å²) in [6.45, 7) is 11.4. The third-order valence-corrected chi connectivity index (χ3v) is 10.0. The summed E-state index contributed by atoms with van der Waals surface area (Å²) in [4.78, 5) is 40.6. The Balaban J connectivity index is 1.84. The van der Waals surface area contributed by atoms with Crippen molar-refractivity contribution < 1.29 is 43.9 Å². The van der Waals surface area contributed by atoms with Gasteiger partial charge in [0.05, 0.1) is 29.6 Å². The van der Waals surface area contributed by atoms with Crippen molar-refractivity contribution in [2.24, 2.45) is 16.7 Å². The van der Waals surface area contributed by atoms with Crippen molar-refractivity contribution in [1.29, 1.82) is 0 Å². The van der Waals surface area contributed by atoms with Crippen LogP contribution in [0, 0.1) is 16.7 Å². The molecule has 0 aromatic heterocycles. The maximum absolute atomic E-state index is 14.4. The van der Waals surface area contributed by atoms with E-state index in [0.29, 0.717) is 11.1 Å². The zero-order chi connectivity index (χ0) is 29.4. The second-order valence-electron chi connectivity index (χ2n) is 12.2. The quantitative estimate of drug-likeness (QED) is 0.381. The number of rotatable bonds is 3. The number of allylic oxidation sites excluding steroid dienone is 1. The van der Waals surface area contributed by atoms with Gasteiger partial charge in [0, 0.05) is 25.2 Å². The summed E-state index contributed by atoms with van der Waals surface area (Å²) in [6, 6.07) is 8.20. The molecule has 0 amide bonds. The Morgan fingerprint density at radius 1 is 1.15 bits per heavy atom. The molecule has 1 aliphatic heterocycles. The number of esters is 2. The SMILES string of the molecule is C=C=C1C[C@@]2(O)[C@@H](OC(=O)c3ccccc3)C3[C@](C)(C(=O)[C@H](O)C(=C1C)C2(C)C)[C@@H](O)C[C@H]1OC[C@@]31OC(C)=O. The topological polar surface area (TPSA) is 140 Å². The Hall–Kier alpha value is -3.07. The van der Waals surface area contributed by atoms with Crippen LogP contribution in [0.1, 0.15) is 57.8 Å². The molecule has 9 heteroatoms. The van der Waals surface area contributed by atoms with Gasteiger partial charge in [-0.05, 0) is 42.7 Å². The molecule has 8 atom stereocenters. The van der Waals surface area contributed by atoms with Gasteiger partial charge in [-0.2, -0.15) is 0 Å². The Kier molecular flexibility index (Phi) is 6.56. The van der Waals surface area contributed by atoms with E-state index < -0.39 is 70.1 Å². The van der Waals surface area contributed by atoms with Gasteiger partial charge in [-0.1, -0.05) is 38.6 Å². The lowest BCUT2D eigenvalue weighted by Crippen LogP contribution is -2.81. The van der Waals surface area contributed by atoms with Crippen LogP contribution in [-0.2, 0) is 23.8 Å². The van der Waals surface area contributed by atoms with Crippen molar-refractivity contribution in [2.75, 3.05) is 6.61 Å². The molecular weight excluding hydrogens is 516 g/mol. The van der Waals surface area contributed by atoms with E-state index in [4.69, 9.17) is 14.2 Å². The summed E-state index contributed by atoms with van der Waals surface area (Å²) < 4.78 is 17.9. The van der Waals surface area contributed by atoms with Crippen LogP contribution in [0.15, 0.2) is 59.4 Å². The van der Waals surface area contributed by atoms with Gasteiger partial charge in [0.15, 0.2) is 11.4 Å². The van der Waals surface area contributed by atoms with Crippen LogP contribution in [0.4, 0.5) is 0 Å². The molecule has 4 aliphatic rings. The predicted octanol–water partition coefficient (Wildman–Crippen LogP) is 2.43. The molecule has 1 aromatic carbocycles. The minimum atomic E-state index is -1.95. The van der Waals surface area contributed by atoms with Crippen molar-refractivity contribution in [3.63, 3.8) is 0 Å². The number of hydrogen-bond donors (Lipinski definition) is 3. The van der Waals surface area contributed by atoms with Crippen molar-refractivity contribution in [2.45, 2.75) is 83.1 Å². The smallest absolute Gasteiger partial charge is 0.338 e. The van der Waals surface area contributed by atoms with Gasteiger partial charge in [0.2, 0.25) is 0 Å². The fourth-order valence-corrected chi connectivity index (χ4v) is 7.71. The van der Waals surface area contributed by atoms with Crippen LogP contribution in [0.25, 0.3) is 0 Å². The highest BCUT2D eigenvalue weighted by Crippen LogP contribution is 2.64. The van der Waals surface area contributed by atoms with Crippen LogP contribution in [0.2, 0.25) is 0 Å². The highest BCUT2D eigenvalue weighted by Gasteiger charge is 2.77. The number of carbonyl (C=O) groups is 3. The molecule has 3 aliphatic carbocycles. The van der Waals surface area contributed by atoms with Gasteiger partial charge < -0.3 is 29.5 Å². The molecule has 2 saturated carbocycles. The number of benzene rings is 1. The van der Waals surface area contributed by atoms with Gasteiger partial charge in [-0.3, -0.25) is 9.59 Å². The van der Waals surface area contributed by atoms with Gasteiger partial charge in [-0.25, -0.2) is 4.79 Å². The standard InChI is InChI=1S/C31H36O9/c1-7-18-14-31(37)26(39-27(36)19-11-9-8-10-12-19)24-29(6,25(35)23(34)22(16(18)2)28(31,4)5)20(33)13-21-30(24,15-38-21)40-17(3)32/h8-12,20-21,23-24,26,33-34,37H,1,13-15H2,2-6H3/t20-,21+,23+,24?,26-,29+,30-,31+/m0/s1. The Morgan fingerprint density at radius 3 is 2.35 bits per heavy atom. The third-order valence-electron chi connectivity index (χ3n) is 10.0. The van der Waals surface area contributed by atoms with E-state index in [2.05, 4.69) is 12.3 Å². The van der Waals surface area contributed by atoms with Crippen LogP contribution in [0.3, 0.4) is 0 Å². The van der Waals surface area contributed by atoms with E-state index in [9.17, 15) is 29.7 Å². The molecule has 214 valence electrons. The molecular formula is C31H36O9. The van der Waals surface area contributed by atoms with E-state index in [1.807, 2.05) is 0 Å². The first-order valence-electron chi connectivity index (χ1n) is 13.5. The molecule has 3 N–H and O–H groups in total. The number of ether oxygens (including phenoxy) is 3. The molecule has 3 fully saturated rings. The normalized spacial score (nSPS) is 40.0. The monoisotopic (exact) mass is 552 g/mol. The molecule has 0 radical (unpaired) electrons. The molecule has 40 heavy (non-hydrogen) atoms. The first kappa shape index (κ1) is 28.5. The molecule has 1 saturated heterocycles. The van der Waals surface area contributed by atoms with Crippen molar-refractivity contribution in [3.8, 4) is 0 Å². The minimum absolute atomic E-state index is 0.0598. The zero-order valence-electron chi connectivity index (χ0n) is 23.4. The number of Topliss-reactive ketones (excluding diaryl/α,β-unsaturated/α-hetero) is 1. The molecule has 1 aromatic rings. The summed E-state index contributed by atoms with van der Waals surface area (Å²) in [5.41, 5.74) is -2.33. The number of aliphatic hydroxyl groups is 3. The molecule has 9 nitrogen and oxygen atoms in total. The molecule has 2 bridgehead atoms. The average Bonchev–Trinajstić information content (AvgIpc) is 2.90. The summed E-state index contributed by atoms with van der Waals surface area (Å²) in [5.74, 6) is -3.43. The number of carbonyl (C=O) groups excluding carboxylic acids is 3. The van der Waals surface area contributed by atoms with Crippen molar-refractivity contribution in [3.05, 3.63) is 64.9 Å². The third kappa shape index (κ3) is 3.58. The van der Waals surface area contributed by atoms with E-state index in [-0.39, 0.29) is 30.6 Å². The highest BCUT2D eigenvalue weighted by atomic mass is 16.6. The van der Waals surface area contributed by atoms with Gasteiger partial charge in [0.25, 0.3) is 0 Å². The summed E-state index contributed by atoms with van der Waals surface area (Å²) in [5, 5.41) is 36.1. The lowest BCUT2D eigenvalue weighted by molar-refractivity contribution is -0.344. The lowest BCUT2D eigenvalue weighted by Gasteiger charge is -2.67. The second-order valence-corrected chi connectivity index (χ2v) is 12.2. The Labute approximate surface area is 233 Å². The number of aliphatic hydroxyl groups excluding tert-OH is 2. The fourth-order valence-electron chi connectivity index (χ4n) is 7.71. The zero-order valence-corrected chi connectivity index (χ0v) is 23.4.